The van der Waals surface area contributed by atoms with Crippen molar-refractivity contribution in [3.8, 4) is 5.75 Å². The first kappa shape index (κ1) is 24.5. The Morgan fingerprint density at radius 2 is 2.11 bits per heavy atom. The van der Waals surface area contributed by atoms with E-state index in [4.69, 9.17) is 14.2 Å². The highest BCUT2D eigenvalue weighted by atomic mass is 16.7. The summed E-state index contributed by atoms with van der Waals surface area (Å²) in [5.74, 6) is 1.06. The summed E-state index contributed by atoms with van der Waals surface area (Å²) in [5.41, 5.74) is 1.25. The van der Waals surface area contributed by atoms with Gasteiger partial charge in [0.05, 0.1) is 18.3 Å². The second-order valence-electron chi connectivity index (χ2n) is 10.4. The van der Waals surface area contributed by atoms with Gasteiger partial charge in [-0.25, -0.2) is 14.8 Å². The lowest BCUT2D eigenvalue weighted by atomic mass is 10.0. The minimum absolute atomic E-state index is 0.0207. The van der Waals surface area contributed by atoms with Gasteiger partial charge < -0.3 is 19.1 Å². The number of aromatic nitrogens is 2. The average Bonchev–Trinajstić information content (AvgIpc) is 3.40. The second kappa shape index (κ2) is 9.67. The van der Waals surface area contributed by atoms with E-state index in [0.29, 0.717) is 42.7 Å². The molecule has 2 aromatic rings. The molecule has 2 atom stereocenters. The molecule has 2 amide bonds. The molecule has 0 spiro atoms. The molecule has 2 saturated heterocycles. The molecule has 2 aromatic heterocycles. The zero-order valence-corrected chi connectivity index (χ0v) is 21.2. The number of nitrogens with one attached hydrogen (secondary N) is 1. The Balaban J connectivity index is 1.31. The van der Waals surface area contributed by atoms with Gasteiger partial charge in [0.25, 0.3) is 0 Å². The number of hydrogen-bond donors (Lipinski definition) is 1. The maximum Gasteiger partial charge on any atom is 0.329 e. The van der Waals surface area contributed by atoms with Crippen molar-refractivity contribution >= 4 is 29.1 Å². The van der Waals surface area contributed by atoms with Crippen molar-refractivity contribution in [1.29, 1.82) is 0 Å². The van der Waals surface area contributed by atoms with E-state index in [1.54, 1.807) is 29.3 Å². The normalized spacial score (nSPS) is 22.0. The SMILES string of the molecule is CC(C)CC(=O)c1ccc2c(n1)N(C(=O)Nc1cc(OC[C@H]3COC(C)(C)O3)ccn1)[C@H]1CCN2C1. The summed E-state index contributed by atoms with van der Waals surface area (Å²) in [6.07, 6.45) is 2.66. The van der Waals surface area contributed by atoms with Gasteiger partial charge in [0.15, 0.2) is 17.4 Å². The number of carbonyl (C=O) groups is 2. The van der Waals surface area contributed by atoms with Gasteiger partial charge >= 0.3 is 6.03 Å². The summed E-state index contributed by atoms with van der Waals surface area (Å²) in [6.45, 7) is 10.1. The van der Waals surface area contributed by atoms with Crippen molar-refractivity contribution in [2.45, 2.75) is 58.5 Å². The van der Waals surface area contributed by atoms with Crippen LogP contribution in [0.4, 0.5) is 22.1 Å². The first-order valence-electron chi connectivity index (χ1n) is 12.5. The molecule has 0 aliphatic carbocycles. The lowest BCUT2D eigenvalue weighted by molar-refractivity contribution is -0.141. The number of ether oxygens (including phenoxy) is 3. The number of amides is 2. The standard InChI is InChI=1S/C26H33N5O5/c1-16(2)11-22(32)20-5-6-21-24(28-20)31(17-8-10-30(21)13-17)25(33)29-23-12-18(7-9-27-23)34-14-19-15-35-26(3,4)36-19/h5-7,9,12,16-17,19H,8,10-11,13-15H2,1-4H3,(H,27,29,33)/t17-,19-/m0/s1. The number of fused-ring (bicyclic) bond motifs is 4. The minimum Gasteiger partial charge on any atom is -0.491 e. The maximum absolute atomic E-state index is 13.5. The molecule has 3 aliphatic heterocycles. The van der Waals surface area contributed by atoms with Crippen LogP contribution in [-0.4, -0.2) is 66.0 Å². The number of Topliss-reactive ketones (excluding diaryl/α,β-unsaturated/α-hetero) is 1. The fourth-order valence-electron chi connectivity index (χ4n) is 4.88. The summed E-state index contributed by atoms with van der Waals surface area (Å²) in [7, 11) is 0. The van der Waals surface area contributed by atoms with Crippen LogP contribution in [0, 0.1) is 5.92 Å². The number of anilines is 3. The molecule has 0 saturated carbocycles. The molecule has 10 nitrogen and oxygen atoms in total. The molecule has 1 N–H and O–H groups in total. The summed E-state index contributed by atoms with van der Waals surface area (Å²) < 4.78 is 17.2. The predicted octanol–water partition coefficient (Wildman–Crippen LogP) is 3.87. The summed E-state index contributed by atoms with van der Waals surface area (Å²) in [4.78, 5) is 39.0. The van der Waals surface area contributed by atoms with E-state index < -0.39 is 5.79 Å². The van der Waals surface area contributed by atoms with Gasteiger partial charge in [-0.1, -0.05) is 13.8 Å². The van der Waals surface area contributed by atoms with Crippen LogP contribution < -0.4 is 19.9 Å². The molecular weight excluding hydrogens is 462 g/mol. The highest BCUT2D eigenvalue weighted by Gasteiger charge is 2.40. The van der Waals surface area contributed by atoms with E-state index in [-0.39, 0.29) is 29.9 Å². The fraction of sp³-hybridized carbons (Fsp3) is 0.538. The van der Waals surface area contributed by atoms with Gasteiger partial charge in [0.2, 0.25) is 0 Å². The van der Waals surface area contributed by atoms with Crippen molar-refractivity contribution in [1.82, 2.24) is 9.97 Å². The Morgan fingerprint density at radius 1 is 1.28 bits per heavy atom. The fourth-order valence-corrected chi connectivity index (χ4v) is 4.88. The topological polar surface area (TPSA) is 106 Å². The van der Waals surface area contributed by atoms with Crippen molar-refractivity contribution < 1.29 is 23.8 Å². The van der Waals surface area contributed by atoms with Gasteiger partial charge in [-0.2, -0.15) is 0 Å². The number of nitrogens with zero attached hydrogens (tertiary/aromatic N) is 4. The molecule has 0 aromatic carbocycles. The Morgan fingerprint density at radius 3 is 2.86 bits per heavy atom. The van der Waals surface area contributed by atoms with Crippen molar-refractivity contribution in [2.75, 3.05) is 41.4 Å². The largest absolute Gasteiger partial charge is 0.491 e. The lowest BCUT2D eigenvalue weighted by Gasteiger charge is -2.35. The Labute approximate surface area is 210 Å². The van der Waals surface area contributed by atoms with E-state index in [1.165, 1.54) is 0 Å². The van der Waals surface area contributed by atoms with Crippen molar-refractivity contribution in [2.24, 2.45) is 5.92 Å². The third-order valence-electron chi connectivity index (χ3n) is 6.52. The van der Waals surface area contributed by atoms with Gasteiger partial charge in [-0.3, -0.25) is 15.0 Å². The Bertz CT molecular complexity index is 1150. The highest BCUT2D eigenvalue weighted by molar-refractivity contribution is 6.05. The molecule has 5 rings (SSSR count). The van der Waals surface area contributed by atoms with Gasteiger partial charge in [-0.05, 0) is 44.4 Å². The first-order valence-corrected chi connectivity index (χ1v) is 12.5. The molecule has 0 radical (unpaired) electrons. The van der Waals surface area contributed by atoms with Crippen molar-refractivity contribution in [3.05, 3.63) is 36.2 Å². The van der Waals surface area contributed by atoms with Gasteiger partial charge in [-0.15, -0.1) is 0 Å². The van der Waals surface area contributed by atoms with Crippen LogP contribution in [0.15, 0.2) is 30.5 Å². The monoisotopic (exact) mass is 495 g/mol. The van der Waals surface area contributed by atoms with E-state index >= 15 is 0 Å². The molecule has 2 bridgehead atoms. The predicted molar refractivity (Wildman–Crippen MR) is 135 cm³/mol. The average molecular weight is 496 g/mol. The summed E-state index contributed by atoms with van der Waals surface area (Å²) in [5, 5.41) is 2.89. The quantitative estimate of drug-likeness (QED) is 0.577. The number of hydrogen-bond acceptors (Lipinski definition) is 8. The van der Waals surface area contributed by atoms with Crippen LogP contribution in [0.25, 0.3) is 0 Å². The van der Waals surface area contributed by atoms with E-state index in [0.717, 1.165) is 25.2 Å². The molecule has 36 heavy (non-hydrogen) atoms. The highest BCUT2D eigenvalue weighted by Crippen LogP contribution is 2.39. The summed E-state index contributed by atoms with van der Waals surface area (Å²) in [6, 6.07) is 6.73. The van der Waals surface area contributed by atoms with Crippen LogP contribution in [0.1, 0.15) is 51.0 Å². The molecule has 10 heteroatoms. The third kappa shape index (κ3) is 5.15. The molecule has 0 unspecified atom stereocenters. The van der Waals surface area contributed by atoms with Crippen molar-refractivity contribution in [3.63, 3.8) is 0 Å². The van der Waals surface area contributed by atoms with Crippen LogP contribution in [0.2, 0.25) is 0 Å². The smallest absolute Gasteiger partial charge is 0.329 e. The molecule has 192 valence electrons. The van der Waals surface area contributed by atoms with Gasteiger partial charge in [0.1, 0.15) is 30.0 Å². The Kier molecular flexibility index (Phi) is 6.57. The van der Waals surface area contributed by atoms with Crippen LogP contribution in [0.3, 0.4) is 0 Å². The number of ketones is 1. The molecule has 5 heterocycles. The summed E-state index contributed by atoms with van der Waals surface area (Å²) >= 11 is 0. The number of rotatable bonds is 7. The molecule has 2 fully saturated rings. The van der Waals surface area contributed by atoms with Gasteiger partial charge in [0, 0.05) is 31.8 Å². The first-order chi connectivity index (χ1) is 17.2. The molecular formula is C26H33N5O5. The molecule has 3 aliphatic rings. The van der Waals surface area contributed by atoms with Crippen LogP contribution in [0.5, 0.6) is 5.75 Å². The minimum atomic E-state index is -0.612. The number of carbonyl (C=O) groups excluding carboxylic acids is 2. The lowest BCUT2D eigenvalue weighted by Crippen LogP contribution is -2.48. The zero-order valence-electron chi connectivity index (χ0n) is 21.2. The maximum atomic E-state index is 13.5. The van der Waals surface area contributed by atoms with E-state index in [2.05, 4.69) is 20.2 Å². The van der Waals surface area contributed by atoms with Crippen LogP contribution >= 0.6 is 0 Å². The van der Waals surface area contributed by atoms with Crippen LogP contribution in [-0.2, 0) is 9.47 Å². The Hall–Kier alpha value is -3.24. The van der Waals surface area contributed by atoms with E-state index in [9.17, 15) is 9.59 Å². The van der Waals surface area contributed by atoms with E-state index in [1.807, 2.05) is 33.8 Å². The number of pyridine rings is 2. The number of urea groups is 1. The zero-order chi connectivity index (χ0) is 25.4. The third-order valence-corrected chi connectivity index (χ3v) is 6.52. The second-order valence-corrected chi connectivity index (χ2v) is 10.4.